The number of amides is 8. The number of unbranched alkanes of at least 4 members (excludes halogenated alkanes) is 1. The number of carbonyl (C=O) groups is 9. The summed E-state index contributed by atoms with van der Waals surface area (Å²) >= 11 is 1.11. The van der Waals surface area contributed by atoms with E-state index in [1.165, 1.54) is 61.8 Å². The minimum atomic E-state index is -1.82. The standard InChI is InChI=1S/C45H83N9O10S/c1-18-19-20-34(56)51(14)33(24-65-44(11,12)36(46)42(62)63)40(60)54(17)45(25-55,23-28(6)7)50-35(29(8)9)41(61)52(15)32(22-27(4)5)39(59)49-37(57)30(10)48-43(64)53(16)31(21-26(2)3)38(58)47-13/h25-33,35-36,50H,18-24,46H2,1-17H3,(H,47,58)(H,48,64)(H,62,63)(H,49,57,59)/t30?,31-,32+,33-,35-,36+,45+/m1/s1. The first kappa shape index (κ1) is 60.7. The summed E-state index contributed by atoms with van der Waals surface area (Å²) < 4.78 is -1.06. The molecule has 7 atom stereocenters. The normalized spacial score (nSPS) is 15.5. The molecule has 0 fully saturated rings. The molecule has 7 N–H and O–H groups in total. The van der Waals surface area contributed by atoms with Crippen molar-refractivity contribution in [2.24, 2.45) is 29.4 Å². The molecule has 0 rings (SSSR count). The fraction of sp³-hybridized carbons (Fsp3) is 0.800. The topological polar surface area (TPSA) is 261 Å². The van der Waals surface area contributed by atoms with Crippen LogP contribution in [-0.2, 0) is 38.4 Å². The number of hydrogen-bond acceptors (Lipinski definition) is 12. The molecule has 8 amide bonds. The number of thioether (sulfide) groups is 1. The number of nitrogens with one attached hydrogen (secondary N) is 4. The molecule has 0 spiro atoms. The Morgan fingerprint density at radius 3 is 1.69 bits per heavy atom. The lowest BCUT2D eigenvalue weighted by Crippen LogP contribution is -2.69. The van der Waals surface area contributed by atoms with E-state index in [9.17, 15) is 48.3 Å². The Kier molecular flexibility index (Phi) is 25.6. The second kappa shape index (κ2) is 27.4. The van der Waals surface area contributed by atoms with E-state index in [2.05, 4.69) is 21.3 Å². The van der Waals surface area contributed by atoms with Crippen LogP contribution in [-0.4, -0.2) is 166 Å². The van der Waals surface area contributed by atoms with E-state index in [0.717, 1.165) is 18.2 Å². The molecule has 0 heterocycles. The van der Waals surface area contributed by atoms with Gasteiger partial charge in [0.05, 0.1) is 6.04 Å². The summed E-state index contributed by atoms with van der Waals surface area (Å²) in [6.07, 6.45) is 2.54. The Labute approximate surface area is 392 Å². The zero-order valence-electron chi connectivity index (χ0n) is 42.2. The van der Waals surface area contributed by atoms with Gasteiger partial charge >= 0.3 is 12.0 Å². The highest BCUT2D eigenvalue weighted by Crippen LogP contribution is 2.31. The molecule has 0 aliphatic carbocycles. The summed E-state index contributed by atoms with van der Waals surface area (Å²) in [5.41, 5.74) is 4.18. The third-order valence-electron chi connectivity index (χ3n) is 11.5. The first-order chi connectivity index (χ1) is 29.9. The van der Waals surface area contributed by atoms with Gasteiger partial charge in [-0.05, 0) is 70.1 Å². The Balaban J connectivity index is 6.92. The van der Waals surface area contributed by atoms with Crippen molar-refractivity contribution in [3.05, 3.63) is 0 Å². The molecule has 1 unspecified atom stereocenters. The van der Waals surface area contributed by atoms with E-state index in [4.69, 9.17) is 5.73 Å². The molecular formula is C45H83N9O10S. The van der Waals surface area contributed by atoms with Crippen LogP contribution >= 0.6 is 11.8 Å². The number of aldehydes is 1. The van der Waals surface area contributed by atoms with E-state index in [1.807, 2.05) is 48.5 Å². The molecule has 65 heavy (non-hydrogen) atoms. The highest BCUT2D eigenvalue weighted by atomic mass is 32.2. The van der Waals surface area contributed by atoms with Crippen LogP contribution in [0.1, 0.15) is 122 Å². The van der Waals surface area contributed by atoms with Gasteiger partial charge in [-0.15, -0.1) is 0 Å². The number of carboxylic acids is 1. The highest BCUT2D eigenvalue weighted by molar-refractivity contribution is 8.00. The minimum Gasteiger partial charge on any atom is -0.480 e. The summed E-state index contributed by atoms with van der Waals surface area (Å²) in [7, 11) is 7.21. The Bertz CT molecular complexity index is 1640. The molecule has 0 saturated carbocycles. The zero-order chi connectivity index (χ0) is 50.9. The molecule has 0 saturated heterocycles. The van der Waals surface area contributed by atoms with Crippen molar-refractivity contribution < 1.29 is 48.3 Å². The van der Waals surface area contributed by atoms with E-state index in [0.29, 0.717) is 19.1 Å². The highest BCUT2D eigenvalue weighted by Gasteiger charge is 2.47. The van der Waals surface area contributed by atoms with E-state index in [1.54, 1.807) is 27.7 Å². The smallest absolute Gasteiger partial charge is 0.321 e. The average molecular weight is 942 g/mol. The molecule has 20 heteroatoms. The molecule has 0 aromatic heterocycles. The van der Waals surface area contributed by atoms with Crippen molar-refractivity contribution in [1.82, 2.24) is 40.9 Å². The van der Waals surface area contributed by atoms with Gasteiger partial charge in [0.2, 0.25) is 35.4 Å². The molecule has 19 nitrogen and oxygen atoms in total. The second-order valence-corrected chi connectivity index (χ2v) is 20.9. The first-order valence-corrected chi connectivity index (χ1v) is 23.6. The number of carbonyl (C=O) groups excluding carboxylic acids is 8. The zero-order valence-corrected chi connectivity index (χ0v) is 43.0. The van der Waals surface area contributed by atoms with Gasteiger partial charge in [-0.1, -0.05) is 68.7 Å². The van der Waals surface area contributed by atoms with E-state index >= 15 is 0 Å². The number of rotatable bonds is 28. The lowest BCUT2D eigenvalue weighted by atomic mass is 9.92. The van der Waals surface area contributed by atoms with Crippen LogP contribution in [0.15, 0.2) is 0 Å². The third-order valence-corrected chi connectivity index (χ3v) is 13.0. The maximum atomic E-state index is 14.8. The van der Waals surface area contributed by atoms with Gasteiger partial charge in [-0.3, -0.25) is 49.0 Å². The summed E-state index contributed by atoms with van der Waals surface area (Å²) in [5.74, 6) is -5.69. The largest absolute Gasteiger partial charge is 0.480 e. The van der Waals surface area contributed by atoms with Crippen LogP contribution in [0.5, 0.6) is 0 Å². The lowest BCUT2D eigenvalue weighted by Gasteiger charge is -2.45. The quantitative estimate of drug-likeness (QED) is 0.0488. The summed E-state index contributed by atoms with van der Waals surface area (Å²) in [6, 6.07) is -7.56. The van der Waals surface area contributed by atoms with E-state index < -0.39 is 88.2 Å². The molecule has 0 aliphatic heterocycles. The van der Waals surface area contributed by atoms with Crippen molar-refractivity contribution in [3.63, 3.8) is 0 Å². The number of urea groups is 1. The number of aliphatic carboxylic acids is 1. The SMILES string of the molecule is CCCCC(=O)N(C)[C@H](CSC(C)(C)[C@@H](N)C(=O)O)C(=O)N(C)[C@](C=O)(CC(C)C)N[C@@H](C(=O)N(C)[C@@H](CC(C)C)C(=O)NC(=O)C(C)NC(=O)N(C)[C@H](CC(C)C)C(=O)NC)C(C)C. The van der Waals surface area contributed by atoms with E-state index in [-0.39, 0.29) is 54.6 Å². The van der Waals surface area contributed by atoms with Crippen LogP contribution in [0.2, 0.25) is 0 Å². The minimum absolute atomic E-state index is 0.0340. The van der Waals surface area contributed by atoms with Crippen LogP contribution in [0.4, 0.5) is 4.79 Å². The monoisotopic (exact) mass is 942 g/mol. The maximum absolute atomic E-state index is 14.8. The van der Waals surface area contributed by atoms with Crippen molar-refractivity contribution in [1.29, 1.82) is 0 Å². The van der Waals surface area contributed by atoms with Gasteiger partial charge in [0.25, 0.3) is 0 Å². The molecule has 0 aromatic carbocycles. The third kappa shape index (κ3) is 18.1. The summed E-state index contributed by atoms with van der Waals surface area (Å²) in [5, 5.41) is 20.3. The molecular weight excluding hydrogens is 859 g/mol. The van der Waals surface area contributed by atoms with Crippen LogP contribution in [0, 0.1) is 23.7 Å². The van der Waals surface area contributed by atoms with Crippen molar-refractivity contribution >= 4 is 65.5 Å². The first-order valence-electron chi connectivity index (χ1n) is 22.6. The molecule has 0 aliphatic rings. The van der Waals surface area contributed by atoms with Crippen LogP contribution in [0.25, 0.3) is 0 Å². The number of likely N-dealkylation sites (N-methyl/N-ethyl adjacent to an activating group) is 5. The lowest BCUT2D eigenvalue weighted by molar-refractivity contribution is -0.153. The number of nitrogens with two attached hydrogens (primary N) is 1. The van der Waals surface area contributed by atoms with Gasteiger partial charge in [-0.25, -0.2) is 4.79 Å². The fourth-order valence-corrected chi connectivity index (χ4v) is 8.34. The fourth-order valence-electron chi connectivity index (χ4n) is 7.11. The molecule has 0 aromatic rings. The summed E-state index contributed by atoms with van der Waals surface area (Å²) in [4.78, 5) is 126. The predicted molar refractivity (Wildman–Crippen MR) is 253 cm³/mol. The Morgan fingerprint density at radius 1 is 0.738 bits per heavy atom. The molecule has 0 bridgehead atoms. The second-order valence-electron chi connectivity index (χ2n) is 19.2. The van der Waals surface area contributed by atoms with Crippen molar-refractivity contribution in [2.45, 2.75) is 168 Å². The predicted octanol–water partition coefficient (Wildman–Crippen LogP) is 2.65. The maximum Gasteiger partial charge on any atom is 0.321 e. The molecule has 374 valence electrons. The number of carboxylic acid groups (broad SMARTS) is 1. The van der Waals surface area contributed by atoms with Gasteiger partial charge < -0.3 is 41.1 Å². The van der Waals surface area contributed by atoms with Gasteiger partial charge in [-0.2, -0.15) is 11.8 Å². The Morgan fingerprint density at radius 2 is 1.26 bits per heavy atom. The summed E-state index contributed by atoms with van der Waals surface area (Å²) in [6.45, 7) is 21.2. The molecule has 0 radical (unpaired) electrons. The number of hydrogen-bond donors (Lipinski definition) is 6. The number of nitrogens with zero attached hydrogens (tertiary/aromatic N) is 4. The van der Waals surface area contributed by atoms with Gasteiger partial charge in [0.1, 0.15) is 30.2 Å². The van der Waals surface area contributed by atoms with Gasteiger partial charge in [0, 0.05) is 52.2 Å². The van der Waals surface area contributed by atoms with Crippen LogP contribution in [0.3, 0.4) is 0 Å². The Hall–Kier alpha value is -4.30. The van der Waals surface area contributed by atoms with Crippen molar-refractivity contribution in [3.8, 4) is 0 Å². The van der Waals surface area contributed by atoms with Crippen molar-refractivity contribution in [2.75, 3.05) is 41.0 Å². The van der Waals surface area contributed by atoms with Gasteiger partial charge in [0.15, 0.2) is 11.9 Å². The average Bonchev–Trinajstić information content (AvgIpc) is 3.22. The number of imide groups is 1. The van der Waals surface area contributed by atoms with Crippen LogP contribution < -0.4 is 27.0 Å².